The molecule has 0 atom stereocenters. The first-order chi connectivity index (χ1) is 29.3. The van der Waals surface area contributed by atoms with E-state index in [1.807, 2.05) is 0 Å². The number of hydrogen-bond acceptors (Lipinski definition) is 7. The van der Waals surface area contributed by atoms with Gasteiger partial charge in [0.15, 0.2) is 6.29 Å². The minimum atomic E-state index is -1.37. The molecule has 0 aliphatic heterocycles. The van der Waals surface area contributed by atoms with Crippen LogP contribution in [0.15, 0.2) is 76.8 Å². The summed E-state index contributed by atoms with van der Waals surface area (Å²) in [5.41, 5.74) is 14.3. The summed E-state index contributed by atoms with van der Waals surface area (Å²) in [6.45, 7) is -0.345. The zero-order valence-electron chi connectivity index (χ0n) is 31.4. The van der Waals surface area contributed by atoms with E-state index in [2.05, 4.69) is 15.9 Å². The number of aliphatic imine (C=N–C) groups is 1. The maximum absolute atomic E-state index is 13.2. The molecule has 0 aromatic heterocycles. The summed E-state index contributed by atoms with van der Waals surface area (Å²) >= 11 is 55.1. The molecule has 0 aliphatic rings. The van der Waals surface area contributed by atoms with E-state index < -0.39 is 34.8 Å². The molecule has 5 rings (SSSR count). The van der Waals surface area contributed by atoms with Gasteiger partial charge in [0.1, 0.15) is 34.9 Å². The van der Waals surface area contributed by atoms with Gasteiger partial charge in [0.25, 0.3) is 0 Å². The molecule has 0 saturated heterocycles. The highest BCUT2D eigenvalue weighted by molar-refractivity contribution is 6.44. The number of rotatable bonds is 6. The number of carbonyl (C=O) groups is 2. The van der Waals surface area contributed by atoms with Crippen molar-refractivity contribution in [3.63, 3.8) is 0 Å². The SMILES string of the molecule is Cl.Fc1ccc(Cl)c(Cl)c1.N=C(N)CN=Cc1cc(Cl)c(Cl)cc1F.NN=C(N)N.O=C(O)c1cc(Cl)c(Cl)cc1F.O=Cc1cc(Cl)c(Cl)cc1F.OCc1cc(Cl)c(Cl)cc1F. The number of carboxylic acid groups (broad SMARTS) is 1. The minimum Gasteiger partial charge on any atom is -0.478 e. The van der Waals surface area contributed by atoms with Crippen LogP contribution in [-0.2, 0) is 6.61 Å². The van der Waals surface area contributed by atoms with E-state index in [1.165, 1.54) is 42.6 Å². The number of guanidine groups is 1. The Balaban J connectivity index is 0. The number of nitrogens with zero attached hydrogens (tertiary/aromatic N) is 2. The molecule has 27 heteroatoms. The smallest absolute Gasteiger partial charge is 0.338 e. The molecule has 0 bridgehead atoms. The Morgan fingerprint density at radius 3 is 1.41 bits per heavy atom. The molecule has 5 aromatic rings. The largest absolute Gasteiger partial charge is 0.478 e. The van der Waals surface area contributed by atoms with Crippen molar-refractivity contribution in [3.8, 4) is 0 Å². The second-order valence-corrected chi connectivity index (χ2v) is 14.9. The monoisotopic (exact) mass is 1110 g/mol. The molecule has 0 radical (unpaired) electrons. The van der Waals surface area contributed by atoms with E-state index in [9.17, 15) is 31.5 Å². The van der Waals surface area contributed by atoms with Crippen LogP contribution in [-0.4, -0.2) is 47.0 Å². The number of aldehydes is 1. The van der Waals surface area contributed by atoms with Gasteiger partial charge in [0.05, 0.1) is 74.5 Å². The molecule has 0 heterocycles. The Hall–Kier alpha value is -3.75. The average Bonchev–Trinajstić information content (AvgIpc) is 3.20. The number of amidine groups is 1. The quantitative estimate of drug-likeness (QED) is 0.0164. The first kappa shape index (κ1) is 62.3. The third-order valence-corrected chi connectivity index (χ3v) is 9.86. The summed E-state index contributed by atoms with van der Waals surface area (Å²) in [7, 11) is 0. The molecule has 0 spiro atoms. The van der Waals surface area contributed by atoms with Gasteiger partial charge in [-0.15, -0.1) is 17.5 Å². The molecule has 5 aromatic carbocycles. The summed E-state index contributed by atoms with van der Waals surface area (Å²) in [4.78, 5) is 24.2. The number of nitrogens with two attached hydrogens (primary N) is 4. The third-order valence-electron chi connectivity index (χ3n) is 6.23. The van der Waals surface area contributed by atoms with Crippen molar-refractivity contribution in [1.29, 1.82) is 5.41 Å². The Morgan fingerprint density at radius 1 is 0.609 bits per heavy atom. The highest BCUT2D eigenvalue weighted by Gasteiger charge is 2.13. The Kier molecular flexibility index (Phi) is 31.2. The first-order valence-electron chi connectivity index (χ1n) is 15.9. The molecule has 11 nitrogen and oxygen atoms in total. The number of aliphatic hydroxyl groups excluding tert-OH is 1. The summed E-state index contributed by atoms with van der Waals surface area (Å²) in [5.74, 6) is -0.0212. The Bertz CT molecular complexity index is 2440. The van der Waals surface area contributed by atoms with Crippen molar-refractivity contribution in [2.75, 3.05) is 6.54 Å². The first-order valence-corrected chi connectivity index (χ1v) is 19.7. The van der Waals surface area contributed by atoms with Crippen LogP contribution >= 0.6 is 128 Å². The van der Waals surface area contributed by atoms with E-state index in [4.69, 9.17) is 149 Å². The second kappa shape index (κ2) is 32.0. The Labute approximate surface area is 417 Å². The molecule has 0 saturated carbocycles. The van der Waals surface area contributed by atoms with E-state index in [-0.39, 0.29) is 105 Å². The number of benzene rings is 5. The van der Waals surface area contributed by atoms with Crippen molar-refractivity contribution >= 4 is 159 Å². The fraction of sp³-hybridized carbons (Fsp3) is 0.0541. The van der Waals surface area contributed by atoms with Crippen LogP contribution in [0.25, 0.3) is 0 Å². The number of nitrogens with one attached hydrogen (secondary N) is 1. The standard InChI is InChI=1S/C9H8Cl2FN3.C7H3Cl2FO2.C7H5Cl2FO.C7H3Cl2FO.C6H3Cl2F.CH6N4.ClH/c10-6-1-5(3-15-4-9(13)14)8(12)2-7(6)11;8-4-1-3(7(11)12)6(10)2-5(4)9;2*8-5-1-4(3-11)7(10)2-6(5)9;7-5-2-1-4(9)3-6(5)8;2-1(3)5-4;/h1-3H,4H2,(H3,13,14);1-2H,(H,11,12);1-2,11H,3H2;1-3H;1-3H;4H2,(H4,2,3,5);1H. The second-order valence-electron chi connectivity index (χ2n) is 10.9. The lowest BCUT2D eigenvalue weighted by Crippen LogP contribution is -2.23. The fourth-order valence-corrected chi connectivity index (χ4v) is 4.93. The molecule has 348 valence electrons. The van der Waals surface area contributed by atoms with Crippen molar-refractivity contribution in [3.05, 3.63) is 168 Å². The van der Waals surface area contributed by atoms with E-state index in [0.717, 1.165) is 30.3 Å². The lowest BCUT2D eigenvalue weighted by Gasteiger charge is -2.00. The van der Waals surface area contributed by atoms with Crippen LogP contribution < -0.4 is 23.0 Å². The maximum Gasteiger partial charge on any atom is 0.338 e. The van der Waals surface area contributed by atoms with Gasteiger partial charge in [-0.2, -0.15) is 0 Å². The number of carbonyl (C=O) groups excluding carboxylic acids is 1. The van der Waals surface area contributed by atoms with Crippen LogP contribution in [0.2, 0.25) is 50.2 Å². The van der Waals surface area contributed by atoms with Gasteiger partial charge in [-0.05, 0) is 66.7 Å². The lowest BCUT2D eigenvalue weighted by molar-refractivity contribution is 0.0691. The third kappa shape index (κ3) is 24.0. The van der Waals surface area contributed by atoms with E-state index in [1.54, 1.807) is 0 Å². The van der Waals surface area contributed by atoms with Crippen LogP contribution in [0, 0.1) is 34.5 Å². The molecular weight excluding hydrogens is 1090 g/mol. The van der Waals surface area contributed by atoms with Gasteiger partial charge in [-0.1, -0.05) is 116 Å². The zero-order chi connectivity index (χ0) is 48.7. The fourth-order valence-electron chi connectivity index (χ4n) is 3.35. The van der Waals surface area contributed by atoms with Gasteiger partial charge in [0, 0.05) is 17.3 Å². The highest BCUT2D eigenvalue weighted by atomic mass is 35.5. The number of hydrazone groups is 1. The van der Waals surface area contributed by atoms with Crippen LogP contribution in [0.5, 0.6) is 0 Å². The molecule has 0 aliphatic carbocycles. The number of carboxylic acids is 1. The zero-order valence-corrected chi connectivity index (χ0v) is 39.8. The molecule has 11 N–H and O–H groups in total. The van der Waals surface area contributed by atoms with Crippen LogP contribution in [0.3, 0.4) is 0 Å². The van der Waals surface area contributed by atoms with Gasteiger partial charge in [-0.3, -0.25) is 15.2 Å². The normalized spacial score (nSPS) is 9.69. The number of hydrogen-bond donors (Lipinski definition) is 7. The van der Waals surface area contributed by atoms with Crippen molar-refractivity contribution < 1.29 is 41.8 Å². The topological polar surface area (TPSA) is 227 Å². The number of aliphatic hydroxyl groups is 1. The van der Waals surface area contributed by atoms with Crippen LogP contribution in [0.4, 0.5) is 22.0 Å². The highest BCUT2D eigenvalue weighted by Crippen LogP contribution is 2.27. The maximum atomic E-state index is 13.2. The van der Waals surface area contributed by atoms with Gasteiger partial charge < -0.3 is 33.3 Å². The molecule has 0 unspecified atom stereocenters. The van der Waals surface area contributed by atoms with Crippen molar-refractivity contribution in [1.82, 2.24) is 0 Å². The van der Waals surface area contributed by atoms with Crippen molar-refractivity contribution in [2.24, 2.45) is 33.1 Å². The predicted molar refractivity (Wildman–Crippen MR) is 252 cm³/mol. The van der Waals surface area contributed by atoms with Gasteiger partial charge in [-0.25, -0.2) is 26.7 Å². The van der Waals surface area contributed by atoms with Crippen LogP contribution in [0.1, 0.15) is 31.8 Å². The summed E-state index contributed by atoms with van der Waals surface area (Å²) < 4.78 is 63.6. The molecular formula is C37H29Cl11F5N7O4. The lowest BCUT2D eigenvalue weighted by atomic mass is 10.2. The minimum absolute atomic E-state index is 0. The van der Waals surface area contributed by atoms with Gasteiger partial charge in [0.2, 0.25) is 5.96 Å². The molecule has 64 heavy (non-hydrogen) atoms. The van der Waals surface area contributed by atoms with Gasteiger partial charge >= 0.3 is 5.97 Å². The average molecular weight is 1120 g/mol. The number of aromatic carboxylic acids is 1. The predicted octanol–water partition coefficient (Wildman–Crippen LogP) is 12.6. The summed E-state index contributed by atoms with van der Waals surface area (Å²) in [5, 5.41) is 28.5. The van der Waals surface area contributed by atoms with E-state index >= 15 is 0 Å². The molecule has 0 fully saturated rings. The Morgan fingerprint density at radius 2 is 1.00 bits per heavy atom. The summed E-state index contributed by atoms with van der Waals surface area (Å²) in [6, 6.07) is 12.7. The number of halogens is 16. The summed E-state index contributed by atoms with van der Waals surface area (Å²) in [6.07, 6.45) is 1.65. The van der Waals surface area contributed by atoms with Crippen molar-refractivity contribution in [2.45, 2.75) is 6.61 Å². The molecule has 0 amide bonds. The van der Waals surface area contributed by atoms with E-state index in [0.29, 0.717) is 11.3 Å².